The molecule has 7 nitrogen and oxygen atoms in total. The molecule has 0 fully saturated rings. The summed E-state index contributed by atoms with van der Waals surface area (Å²) in [6, 6.07) is 8.93. The van der Waals surface area contributed by atoms with Gasteiger partial charge in [0.15, 0.2) is 5.54 Å². The van der Waals surface area contributed by atoms with E-state index in [2.05, 4.69) is 10.1 Å². The summed E-state index contributed by atoms with van der Waals surface area (Å²) in [4.78, 5) is 12.4. The highest BCUT2D eigenvalue weighted by atomic mass is 35.5. The summed E-state index contributed by atoms with van der Waals surface area (Å²) in [6.45, 7) is 0.709. The van der Waals surface area contributed by atoms with Gasteiger partial charge in [-0.15, -0.1) is 13.2 Å². The van der Waals surface area contributed by atoms with Crippen LogP contribution in [-0.2, 0) is 6.61 Å². The van der Waals surface area contributed by atoms with Crippen molar-refractivity contribution in [1.82, 2.24) is 5.32 Å². The van der Waals surface area contributed by atoms with Gasteiger partial charge in [-0.05, 0) is 54.3 Å². The number of aliphatic hydroxyl groups excluding tert-OH is 1. The van der Waals surface area contributed by atoms with Gasteiger partial charge < -0.3 is 24.9 Å². The van der Waals surface area contributed by atoms with Gasteiger partial charge in [0.1, 0.15) is 18.1 Å². The van der Waals surface area contributed by atoms with Gasteiger partial charge in [-0.1, -0.05) is 11.6 Å². The highest BCUT2D eigenvalue weighted by molar-refractivity contribution is 6.47. The number of alkyl halides is 3. The minimum Gasteiger partial charge on any atom is -0.490 e. The number of rotatable bonds is 8. The Morgan fingerprint density at radius 1 is 1.26 bits per heavy atom. The average molecular weight is 457 g/mol. The summed E-state index contributed by atoms with van der Waals surface area (Å²) in [5.74, 6) is -0.995. The first-order valence-corrected chi connectivity index (χ1v) is 9.13. The number of carbonyl (C=O) groups is 1. The fourth-order valence-electron chi connectivity index (χ4n) is 2.52. The number of hydrogen-bond donors (Lipinski definition) is 3. The van der Waals surface area contributed by atoms with Crippen LogP contribution in [0.25, 0.3) is 0 Å². The Bertz CT molecular complexity index is 982. The Hall–Kier alpha value is -2.94. The molecule has 0 spiro atoms. The molecule has 2 aromatic carbocycles. The Morgan fingerprint density at radius 2 is 1.90 bits per heavy atom. The summed E-state index contributed by atoms with van der Waals surface area (Å²) >= 11 is 6.05. The lowest BCUT2D eigenvalue weighted by Crippen LogP contribution is -2.49. The number of nitriles is 1. The van der Waals surface area contributed by atoms with Crippen LogP contribution in [0.5, 0.6) is 11.5 Å². The van der Waals surface area contributed by atoms with Gasteiger partial charge >= 0.3 is 13.8 Å². The number of nitrogens with zero attached hydrogens (tertiary/aromatic N) is 1. The maximum absolute atomic E-state index is 12.4. The van der Waals surface area contributed by atoms with Gasteiger partial charge in [-0.2, -0.15) is 5.26 Å². The van der Waals surface area contributed by atoms with Gasteiger partial charge in [0.2, 0.25) is 0 Å². The van der Waals surface area contributed by atoms with Crippen LogP contribution in [0.2, 0.25) is 5.02 Å². The van der Waals surface area contributed by atoms with Crippen LogP contribution in [0.1, 0.15) is 22.8 Å². The van der Waals surface area contributed by atoms with Gasteiger partial charge in [0.25, 0.3) is 5.91 Å². The van der Waals surface area contributed by atoms with Crippen LogP contribution >= 0.6 is 11.6 Å². The van der Waals surface area contributed by atoms with Gasteiger partial charge in [0.05, 0.1) is 12.7 Å². The third kappa shape index (κ3) is 6.78. The molecule has 0 saturated carbocycles. The van der Waals surface area contributed by atoms with Crippen molar-refractivity contribution in [3.05, 3.63) is 52.5 Å². The number of carbonyl (C=O) groups excluding carboxylic acids is 1. The minimum atomic E-state index is -4.85. The van der Waals surface area contributed by atoms with Crippen LogP contribution in [0, 0.1) is 11.3 Å². The SMILES string of the molecule is CC(C#N)(COc1cc(Cl)c(CO)c(BO)c1)NC(=O)c1ccc(OC(F)(F)F)cc1. The monoisotopic (exact) mass is 456 g/mol. The Kier molecular flexibility index (Phi) is 7.78. The lowest BCUT2D eigenvalue weighted by atomic mass is 9.84. The van der Waals surface area contributed by atoms with Crippen molar-refractivity contribution in [3.8, 4) is 17.6 Å². The highest BCUT2D eigenvalue weighted by Crippen LogP contribution is 2.24. The summed E-state index contributed by atoms with van der Waals surface area (Å²) in [7, 11) is -0.396. The normalized spacial score (nSPS) is 13.0. The average Bonchev–Trinajstić information content (AvgIpc) is 2.71. The first kappa shape index (κ1) is 24.3. The zero-order valence-electron chi connectivity index (χ0n) is 16.2. The van der Waals surface area contributed by atoms with Crippen molar-refractivity contribution >= 4 is 30.5 Å². The maximum atomic E-state index is 12.4. The zero-order chi connectivity index (χ0) is 23.2. The van der Waals surface area contributed by atoms with Crippen LogP contribution in [0.3, 0.4) is 0 Å². The van der Waals surface area contributed by atoms with Crippen LogP contribution < -0.4 is 20.3 Å². The number of hydrogen-bond acceptors (Lipinski definition) is 6. The number of amides is 1. The molecule has 1 unspecified atom stereocenters. The summed E-state index contributed by atoms with van der Waals surface area (Å²) in [6.07, 6.45) is -4.85. The largest absolute Gasteiger partial charge is 0.573 e. The predicted octanol–water partition coefficient (Wildman–Crippen LogP) is 1.79. The second-order valence-electron chi connectivity index (χ2n) is 6.62. The molecule has 0 saturated heterocycles. The van der Waals surface area contributed by atoms with Gasteiger partial charge in [-0.3, -0.25) is 4.79 Å². The highest BCUT2D eigenvalue weighted by Gasteiger charge is 2.31. The molecule has 31 heavy (non-hydrogen) atoms. The zero-order valence-corrected chi connectivity index (χ0v) is 16.9. The second kappa shape index (κ2) is 9.91. The molecule has 0 heterocycles. The van der Waals surface area contributed by atoms with E-state index in [4.69, 9.17) is 16.3 Å². The molecule has 0 aliphatic carbocycles. The third-order valence-electron chi connectivity index (χ3n) is 4.10. The van der Waals surface area contributed by atoms with E-state index < -0.39 is 31.0 Å². The molecule has 0 radical (unpaired) electrons. The molecule has 2 aromatic rings. The third-order valence-corrected chi connectivity index (χ3v) is 4.44. The van der Waals surface area contributed by atoms with E-state index in [1.807, 2.05) is 6.07 Å². The molecule has 3 N–H and O–H groups in total. The first-order chi connectivity index (χ1) is 14.5. The maximum Gasteiger partial charge on any atom is 0.573 e. The first-order valence-electron chi connectivity index (χ1n) is 8.75. The number of nitrogens with one attached hydrogen (secondary N) is 1. The van der Waals surface area contributed by atoms with Crippen molar-refractivity contribution < 1.29 is 37.6 Å². The van der Waals surface area contributed by atoms with E-state index in [0.29, 0.717) is 11.0 Å². The van der Waals surface area contributed by atoms with Crippen molar-refractivity contribution in [2.24, 2.45) is 0 Å². The lowest BCUT2D eigenvalue weighted by Gasteiger charge is -2.24. The molecule has 0 bridgehead atoms. The lowest BCUT2D eigenvalue weighted by molar-refractivity contribution is -0.274. The van der Waals surface area contributed by atoms with Gasteiger partial charge in [0, 0.05) is 10.6 Å². The van der Waals surface area contributed by atoms with Crippen molar-refractivity contribution in [1.29, 1.82) is 5.26 Å². The molecular weight excluding hydrogens is 439 g/mol. The predicted molar refractivity (Wildman–Crippen MR) is 106 cm³/mol. The van der Waals surface area contributed by atoms with Crippen molar-refractivity contribution in [3.63, 3.8) is 0 Å². The summed E-state index contributed by atoms with van der Waals surface area (Å²) in [5, 5.41) is 30.8. The van der Waals surface area contributed by atoms with Crippen LogP contribution in [-0.4, -0.2) is 42.0 Å². The van der Waals surface area contributed by atoms with Gasteiger partial charge in [-0.25, -0.2) is 0 Å². The fraction of sp³-hybridized carbons (Fsp3) is 0.263. The van der Waals surface area contributed by atoms with Crippen molar-refractivity contribution in [2.75, 3.05) is 6.61 Å². The minimum absolute atomic E-state index is 0.00825. The standard InChI is InChI=1S/C19H17BClF3N2O5/c1-18(9-25,10-30-13-6-15(20-29)14(8-27)16(21)7-13)26-17(28)11-2-4-12(5-3-11)31-19(22,23)24/h2-7,20,27,29H,8,10H2,1H3,(H,26,28). The summed E-state index contributed by atoms with van der Waals surface area (Å²) in [5.41, 5.74) is -0.812. The molecule has 164 valence electrons. The number of ether oxygens (including phenoxy) is 2. The van der Waals surface area contributed by atoms with Crippen LogP contribution in [0.4, 0.5) is 13.2 Å². The molecule has 1 amide bonds. The number of halogens is 4. The van der Waals surface area contributed by atoms with E-state index in [9.17, 15) is 33.4 Å². The Morgan fingerprint density at radius 3 is 2.42 bits per heavy atom. The fourth-order valence-corrected chi connectivity index (χ4v) is 2.81. The molecular formula is C19H17BClF3N2O5. The second-order valence-corrected chi connectivity index (χ2v) is 7.03. The molecule has 0 aliphatic rings. The molecule has 0 aromatic heterocycles. The Balaban J connectivity index is 2.08. The van der Waals surface area contributed by atoms with E-state index in [-0.39, 0.29) is 29.5 Å². The Labute approximate surface area is 181 Å². The molecule has 0 aliphatic heterocycles. The molecule has 12 heteroatoms. The van der Waals surface area contributed by atoms with E-state index in [1.54, 1.807) is 0 Å². The van der Waals surface area contributed by atoms with Crippen LogP contribution in [0.15, 0.2) is 36.4 Å². The van der Waals surface area contributed by atoms with Crippen molar-refractivity contribution in [2.45, 2.75) is 25.4 Å². The van der Waals surface area contributed by atoms with E-state index >= 15 is 0 Å². The summed E-state index contributed by atoms with van der Waals surface area (Å²) < 4.78 is 45.9. The number of aliphatic hydroxyl groups is 1. The van der Waals surface area contributed by atoms with E-state index in [0.717, 1.165) is 24.3 Å². The smallest absolute Gasteiger partial charge is 0.490 e. The topological polar surface area (TPSA) is 112 Å². The quantitative estimate of drug-likeness (QED) is 0.522. The van der Waals surface area contributed by atoms with E-state index in [1.165, 1.54) is 19.1 Å². The molecule has 2 rings (SSSR count). The number of benzene rings is 2. The molecule has 1 atom stereocenters.